The Hall–Kier alpha value is -0.0400. The van der Waals surface area contributed by atoms with Crippen molar-refractivity contribution in [3.63, 3.8) is 0 Å². The molecule has 1 heteroatoms. The van der Waals surface area contributed by atoms with Crippen molar-refractivity contribution in [3.05, 3.63) is 0 Å². The summed E-state index contributed by atoms with van der Waals surface area (Å²) >= 11 is 0. The van der Waals surface area contributed by atoms with Crippen LogP contribution in [-0.4, -0.2) is 5.54 Å². The Morgan fingerprint density at radius 3 is 2.85 bits per heavy atom. The molecule has 4 atom stereocenters. The van der Waals surface area contributed by atoms with Crippen LogP contribution in [0.4, 0.5) is 0 Å². The largest absolute Gasteiger partial charge is 0.325 e. The Kier molecular flexibility index (Phi) is 2.39. The maximum absolute atomic E-state index is 6.61. The molecule has 0 amide bonds. The van der Waals surface area contributed by atoms with E-state index in [2.05, 4.69) is 13.8 Å². The van der Waals surface area contributed by atoms with Gasteiger partial charge < -0.3 is 5.73 Å². The van der Waals surface area contributed by atoms with E-state index in [1.807, 2.05) is 0 Å². The third-order valence-corrected chi connectivity index (χ3v) is 4.65. The second-order valence-electron chi connectivity index (χ2n) is 5.28. The van der Waals surface area contributed by atoms with Gasteiger partial charge in [-0.3, -0.25) is 0 Å². The second kappa shape index (κ2) is 3.27. The minimum atomic E-state index is 0.229. The maximum atomic E-state index is 6.61. The minimum absolute atomic E-state index is 0.229. The number of hydrogen-bond donors (Lipinski definition) is 1. The summed E-state index contributed by atoms with van der Waals surface area (Å²) in [7, 11) is 0. The van der Waals surface area contributed by atoms with Crippen LogP contribution in [0, 0.1) is 17.8 Å². The molecule has 13 heavy (non-hydrogen) atoms. The van der Waals surface area contributed by atoms with Crippen LogP contribution < -0.4 is 5.73 Å². The summed E-state index contributed by atoms with van der Waals surface area (Å²) in [4.78, 5) is 0. The van der Waals surface area contributed by atoms with Crippen molar-refractivity contribution in [3.8, 4) is 0 Å². The van der Waals surface area contributed by atoms with Crippen molar-refractivity contribution in [2.75, 3.05) is 0 Å². The molecule has 2 fully saturated rings. The minimum Gasteiger partial charge on any atom is -0.325 e. The van der Waals surface area contributed by atoms with Crippen LogP contribution in [0.5, 0.6) is 0 Å². The van der Waals surface area contributed by atoms with Crippen LogP contribution in [0.1, 0.15) is 52.4 Å². The third kappa shape index (κ3) is 1.32. The van der Waals surface area contributed by atoms with Crippen molar-refractivity contribution in [1.82, 2.24) is 0 Å². The maximum Gasteiger partial charge on any atom is 0.0214 e. The normalized spacial score (nSPS) is 50.5. The molecule has 2 aliphatic rings. The first-order valence-electron chi connectivity index (χ1n) is 5.97. The summed E-state index contributed by atoms with van der Waals surface area (Å²) in [5, 5.41) is 0. The molecule has 0 aromatic rings. The lowest BCUT2D eigenvalue weighted by molar-refractivity contribution is 0.166. The van der Waals surface area contributed by atoms with E-state index >= 15 is 0 Å². The summed E-state index contributed by atoms with van der Waals surface area (Å²) in [6, 6.07) is 0. The summed E-state index contributed by atoms with van der Waals surface area (Å²) < 4.78 is 0. The van der Waals surface area contributed by atoms with Crippen LogP contribution in [0.2, 0.25) is 0 Å². The van der Waals surface area contributed by atoms with Crippen LogP contribution in [0.15, 0.2) is 0 Å². The lowest BCUT2D eigenvalue weighted by Crippen LogP contribution is -2.51. The van der Waals surface area contributed by atoms with E-state index in [-0.39, 0.29) is 5.54 Å². The van der Waals surface area contributed by atoms with Gasteiger partial charge in [0.25, 0.3) is 0 Å². The summed E-state index contributed by atoms with van der Waals surface area (Å²) in [6.45, 7) is 4.72. The van der Waals surface area contributed by atoms with Crippen LogP contribution >= 0.6 is 0 Å². The molecule has 4 unspecified atom stereocenters. The van der Waals surface area contributed by atoms with Gasteiger partial charge >= 0.3 is 0 Å². The number of fused-ring (bicyclic) bond motifs is 1. The van der Waals surface area contributed by atoms with Crippen molar-refractivity contribution >= 4 is 0 Å². The smallest absolute Gasteiger partial charge is 0.0214 e. The van der Waals surface area contributed by atoms with Crippen LogP contribution in [0.3, 0.4) is 0 Å². The molecule has 1 nitrogen and oxygen atoms in total. The molecule has 2 aliphatic carbocycles. The van der Waals surface area contributed by atoms with Gasteiger partial charge in [0, 0.05) is 5.54 Å². The van der Waals surface area contributed by atoms with E-state index in [1.165, 1.54) is 38.5 Å². The fourth-order valence-corrected chi connectivity index (χ4v) is 4.05. The van der Waals surface area contributed by atoms with Gasteiger partial charge in [-0.2, -0.15) is 0 Å². The van der Waals surface area contributed by atoms with Gasteiger partial charge in [-0.25, -0.2) is 0 Å². The van der Waals surface area contributed by atoms with E-state index in [0.717, 1.165) is 17.8 Å². The zero-order chi connectivity index (χ0) is 9.47. The lowest BCUT2D eigenvalue weighted by atomic mass is 9.70. The zero-order valence-corrected chi connectivity index (χ0v) is 9.05. The Bertz CT molecular complexity index is 190. The van der Waals surface area contributed by atoms with Gasteiger partial charge in [0.15, 0.2) is 0 Å². The van der Waals surface area contributed by atoms with Crippen molar-refractivity contribution in [1.29, 1.82) is 0 Å². The fraction of sp³-hybridized carbons (Fsp3) is 1.00. The summed E-state index contributed by atoms with van der Waals surface area (Å²) in [5.74, 6) is 2.53. The molecule has 0 radical (unpaired) electrons. The molecule has 76 valence electrons. The van der Waals surface area contributed by atoms with Gasteiger partial charge in [-0.05, 0) is 37.0 Å². The first kappa shape index (κ1) is 9.51. The van der Waals surface area contributed by atoms with E-state index in [9.17, 15) is 0 Å². The highest BCUT2D eigenvalue weighted by Gasteiger charge is 2.50. The molecule has 0 spiro atoms. The Morgan fingerprint density at radius 2 is 2.15 bits per heavy atom. The molecule has 0 heterocycles. The van der Waals surface area contributed by atoms with Crippen molar-refractivity contribution < 1.29 is 0 Å². The second-order valence-corrected chi connectivity index (χ2v) is 5.28. The molecular formula is C12H23N. The van der Waals surface area contributed by atoms with Gasteiger partial charge in [-0.15, -0.1) is 0 Å². The molecule has 0 aromatic carbocycles. The monoisotopic (exact) mass is 181 g/mol. The third-order valence-electron chi connectivity index (χ3n) is 4.65. The predicted molar refractivity (Wildman–Crippen MR) is 56.4 cm³/mol. The summed E-state index contributed by atoms with van der Waals surface area (Å²) in [6.07, 6.45) is 8.17. The SMILES string of the molecule is CCC1C(C)CC2CCCCC21N. The van der Waals surface area contributed by atoms with Gasteiger partial charge in [0.1, 0.15) is 0 Å². The zero-order valence-electron chi connectivity index (χ0n) is 9.05. The van der Waals surface area contributed by atoms with E-state index in [1.54, 1.807) is 0 Å². The van der Waals surface area contributed by atoms with E-state index < -0.39 is 0 Å². The first-order chi connectivity index (χ1) is 6.18. The van der Waals surface area contributed by atoms with Gasteiger partial charge in [0.2, 0.25) is 0 Å². The number of nitrogens with two attached hydrogens (primary N) is 1. The first-order valence-corrected chi connectivity index (χ1v) is 5.97. The predicted octanol–water partition coefficient (Wildman–Crippen LogP) is 2.94. The standard InChI is InChI=1S/C12H23N/c1-3-11-9(2)8-10-6-4-5-7-12(10,11)13/h9-11H,3-8,13H2,1-2H3. The average Bonchev–Trinajstić information content (AvgIpc) is 2.35. The molecule has 2 N–H and O–H groups in total. The molecule has 2 rings (SSSR count). The Labute approximate surface area is 82.1 Å². The van der Waals surface area contributed by atoms with Crippen molar-refractivity contribution in [2.24, 2.45) is 23.5 Å². The Balaban J connectivity index is 2.19. The van der Waals surface area contributed by atoms with Crippen LogP contribution in [0.25, 0.3) is 0 Å². The number of hydrogen-bond acceptors (Lipinski definition) is 1. The van der Waals surface area contributed by atoms with Crippen LogP contribution in [-0.2, 0) is 0 Å². The Morgan fingerprint density at radius 1 is 1.38 bits per heavy atom. The molecule has 0 bridgehead atoms. The highest BCUT2D eigenvalue weighted by Crippen LogP contribution is 2.51. The van der Waals surface area contributed by atoms with Gasteiger partial charge in [0.05, 0.1) is 0 Å². The van der Waals surface area contributed by atoms with Crippen molar-refractivity contribution in [2.45, 2.75) is 57.9 Å². The molecule has 0 aromatic heterocycles. The average molecular weight is 181 g/mol. The fourth-order valence-electron chi connectivity index (χ4n) is 4.05. The lowest BCUT2D eigenvalue weighted by Gasteiger charge is -2.40. The van der Waals surface area contributed by atoms with E-state index in [4.69, 9.17) is 5.73 Å². The highest BCUT2D eigenvalue weighted by atomic mass is 14.8. The van der Waals surface area contributed by atoms with E-state index in [0.29, 0.717) is 0 Å². The quantitative estimate of drug-likeness (QED) is 0.661. The molecule has 2 saturated carbocycles. The molecule has 0 saturated heterocycles. The molecular weight excluding hydrogens is 158 g/mol. The summed E-state index contributed by atoms with van der Waals surface area (Å²) in [5.41, 5.74) is 6.84. The highest BCUT2D eigenvalue weighted by molar-refractivity contribution is 5.06. The van der Waals surface area contributed by atoms with Gasteiger partial charge in [-0.1, -0.05) is 33.1 Å². The molecule has 0 aliphatic heterocycles. The number of rotatable bonds is 1. The topological polar surface area (TPSA) is 26.0 Å².